The molecule has 3 aromatic carbocycles. The van der Waals surface area contributed by atoms with Gasteiger partial charge in [0.15, 0.2) is 11.2 Å². The normalized spacial score (nSPS) is 29.6. The molecule has 1 fully saturated rings. The number of aromatic nitrogens is 2. The molecule has 9 atom stereocenters. The number of phenolic OH excluding ortho intramolecular Hbond substituents is 1. The van der Waals surface area contributed by atoms with Crippen molar-refractivity contribution >= 4 is 62.0 Å². The maximum absolute atomic E-state index is 14.8. The molecule has 0 radical (unpaired) electrons. The molecule has 5 bridgehead atoms. The number of methoxy groups -OCH3 is 1. The summed E-state index contributed by atoms with van der Waals surface area (Å²) in [4.78, 5) is 62.8. The van der Waals surface area contributed by atoms with Crippen LogP contribution < -0.4 is 25.7 Å². The minimum absolute atomic E-state index is 0.0145. The molecule has 17 nitrogen and oxygen atoms in total. The number of piperidine rings is 1. The predicted molar refractivity (Wildman–Crippen MR) is 254 cm³/mol. The molecule has 1 aromatic heterocycles. The van der Waals surface area contributed by atoms with Crippen molar-refractivity contribution in [1.29, 1.82) is 0 Å². The lowest BCUT2D eigenvalue weighted by Crippen LogP contribution is -2.44. The molecule has 4 aliphatic rings. The number of amides is 2. The first kappa shape index (κ1) is 48.9. The Bertz CT molecular complexity index is 2760. The van der Waals surface area contributed by atoms with Crippen molar-refractivity contribution in [3.05, 3.63) is 75.7 Å². The number of aliphatic hydroxyl groups is 3. The van der Waals surface area contributed by atoms with Gasteiger partial charge in [-0.05, 0) is 57.9 Å². The summed E-state index contributed by atoms with van der Waals surface area (Å²) in [5, 5.41) is 52.0. The Labute approximate surface area is 389 Å². The average Bonchev–Trinajstić information content (AvgIpc) is 3.57. The van der Waals surface area contributed by atoms with E-state index in [1.165, 1.54) is 33.3 Å². The highest BCUT2D eigenvalue weighted by Gasteiger charge is 2.49. The van der Waals surface area contributed by atoms with Gasteiger partial charge in [0.1, 0.15) is 11.4 Å². The molecular formula is C50H63N5O12. The molecular weight excluding hydrogens is 863 g/mol. The molecule has 5 heterocycles. The van der Waals surface area contributed by atoms with E-state index in [1.54, 1.807) is 71.4 Å². The molecule has 1 saturated heterocycles. The number of Topliss-reactive ketones (excluding diaryl/α,β-unsaturated/α-hetero) is 1. The number of nitrogens with one attached hydrogen (secondary N) is 2. The summed E-state index contributed by atoms with van der Waals surface area (Å²) < 4.78 is 24.9. The number of rotatable bonds is 4. The molecule has 67 heavy (non-hydrogen) atoms. The maximum Gasteiger partial charge on any atom is 0.407 e. The van der Waals surface area contributed by atoms with Gasteiger partial charge in [0.2, 0.25) is 0 Å². The number of hydrogen-bond donors (Lipinski definition) is 6. The van der Waals surface area contributed by atoms with E-state index in [9.17, 15) is 39.6 Å². The number of fused-ring (bicyclic) bond motifs is 14. The fraction of sp³-hybridized carbons (Fsp3) is 0.500. The van der Waals surface area contributed by atoms with Gasteiger partial charge in [0.25, 0.3) is 11.7 Å². The Balaban J connectivity index is 1.41. The van der Waals surface area contributed by atoms with Crippen LogP contribution in [0.5, 0.6) is 11.5 Å². The molecule has 0 saturated carbocycles. The Kier molecular flexibility index (Phi) is 14.1. The average molecular weight is 926 g/mol. The van der Waals surface area contributed by atoms with E-state index in [2.05, 4.69) is 15.5 Å². The van der Waals surface area contributed by atoms with E-state index >= 15 is 0 Å². The lowest BCUT2D eigenvalue weighted by atomic mass is 9.78. The Morgan fingerprint density at radius 1 is 0.985 bits per heavy atom. The summed E-state index contributed by atoms with van der Waals surface area (Å²) in [6.07, 6.45) is 4.53. The first-order chi connectivity index (χ1) is 31.7. The van der Waals surface area contributed by atoms with Crippen LogP contribution in [0.15, 0.2) is 59.1 Å². The number of carbonyl (C=O) groups is 3. The number of phenols is 1. The van der Waals surface area contributed by atoms with Crippen LogP contribution in [-0.2, 0) is 26.1 Å². The molecule has 0 spiro atoms. The second-order valence-electron chi connectivity index (χ2n) is 18.4. The van der Waals surface area contributed by atoms with Crippen LogP contribution in [0.25, 0.3) is 32.8 Å². The van der Waals surface area contributed by atoms with Crippen LogP contribution in [0.2, 0.25) is 0 Å². The zero-order valence-electron chi connectivity index (χ0n) is 39.7. The van der Waals surface area contributed by atoms with E-state index in [1.807, 2.05) is 18.2 Å². The SMILES string of the molecule is CCOC(=O)NC1CCN(c2ccc3nc4c5c6c7c(C)c(=O)c5c(O)c(c4n(C)c3c2)NC(=O)/C(C)=C\C=C\[C@H](C)[C@H](O)[C@@H](C)[C@@H](O)[C@H](C)[C@H](O)[C@@H](C)[C@@H](OC)/C=C/O[C@@](C)(O7)C6=O)CC1. The first-order valence-electron chi connectivity index (χ1n) is 22.9. The highest BCUT2D eigenvalue weighted by molar-refractivity contribution is 6.27. The zero-order chi connectivity index (χ0) is 48.8. The third-order valence-electron chi connectivity index (χ3n) is 14.0. The zero-order valence-corrected chi connectivity index (χ0v) is 39.7. The molecule has 8 rings (SSSR count). The summed E-state index contributed by atoms with van der Waals surface area (Å²) >= 11 is 0. The number of hydrogen-bond acceptors (Lipinski definition) is 14. The van der Waals surface area contributed by atoms with Crippen molar-refractivity contribution in [2.45, 2.75) is 104 Å². The molecule has 6 N–H and O–H groups in total. The van der Waals surface area contributed by atoms with E-state index in [0.29, 0.717) is 37.0 Å². The van der Waals surface area contributed by atoms with Gasteiger partial charge in [-0.2, -0.15) is 0 Å². The number of nitrogens with zero attached hydrogens (tertiary/aromatic N) is 3. The van der Waals surface area contributed by atoms with Crippen molar-refractivity contribution in [3.63, 3.8) is 0 Å². The lowest BCUT2D eigenvalue weighted by Gasteiger charge is -2.36. The summed E-state index contributed by atoms with van der Waals surface area (Å²) in [6, 6.07) is 5.65. The Hall–Kier alpha value is -6.01. The lowest BCUT2D eigenvalue weighted by molar-refractivity contribution is -0.112. The number of alkyl carbamates (subject to hydrolysis) is 1. The van der Waals surface area contributed by atoms with E-state index < -0.39 is 82.8 Å². The first-order valence-corrected chi connectivity index (χ1v) is 22.9. The minimum Gasteiger partial charge on any atom is -0.505 e. The second-order valence-corrected chi connectivity index (χ2v) is 18.4. The van der Waals surface area contributed by atoms with Gasteiger partial charge in [-0.25, -0.2) is 9.78 Å². The van der Waals surface area contributed by atoms with Crippen LogP contribution in [0.4, 0.5) is 16.2 Å². The molecule has 0 aliphatic carbocycles. The third-order valence-corrected chi connectivity index (χ3v) is 14.0. The second kappa shape index (κ2) is 19.3. The number of allylic oxidation sites excluding steroid dienone is 2. The van der Waals surface area contributed by atoms with Gasteiger partial charge in [-0.1, -0.05) is 45.9 Å². The minimum atomic E-state index is -2.01. The largest absolute Gasteiger partial charge is 0.505 e. The van der Waals surface area contributed by atoms with Crippen LogP contribution >= 0.6 is 0 Å². The van der Waals surface area contributed by atoms with Crippen LogP contribution in [0, 0.1) is 30.6 Å². The number of anilines is 2. The van der Waals surface area contributed by atoms with Crippen molar-refractivity contribution in [2.24, 2.45) is 30.7 Å². The smallest absolute Gasteiger partial charge is 0.407 e. The van der Waals surface area contributed by atoms with Gasteiger partial charge in [0, 0.05) is 86.1 Å². The van der Waals surface area contributed by atoms with Crippen molar-refractivity contribution in [2.75, 3.05) is 37.0 Å². The number of benzene rings is 3. The van der Waals surface area contributed by atoms with Crippen LogP contribution in [-0.4, -0.2) is 111 Å². The maximum atomic E-state index is 14.8. The van der Waals surface area contributed by atoms with E-state index in [-0.39, 0.29) is 62.6 Å². The van der Waals surface area contributed by atoms with Crippen molar-refractivity contribution in [3.8, 4) is 11.5 Å². The summed E-state index contributed by atoms with van der Waals surface area (Å²) in [5.41, 5.74) is 1.72. The highest BCUT2D eigenvalue weighted by atomic mass is 16.7. The quantitative estimate of drug-likeness (QED) is 0.0797. The van der Waals surface area contributed by atoms with Crippen molar-refractivity contribution in [1.82, 2.24) is 14.9 Å². The van der Waals surface area contributed by atoms with Crippen LogP contribution in [0.3, 0.4) is 0 Å². The molecule has 2 amide bonds. The Morgan fingerprint density at radius 2 is 1.66 bits per heavy atom. The molecule has 4 aromatic rings. The number of ketones is 1. The highest BCUT2D eigenvalue weighted by Crippen LogP contribution is 2.48. The molecule has 4 aliphatic heterocycles. The monoisotopic (exact) mass is 925 g/mol. The number of ether oxygens (including phenoxy) is 4. The molecule has 0 unspecified atom stereocenters. The number of aromatic hydroxyl groups is 1. The predicted octanol–water partition coefficient (Wildman–Crippen LogP) is 5.89. The fourth-order valence-electron chi connectivity index (χ4n) is 9.67. The standard InChI is InChI=1S/C50H63N5O12/c1-11-65-49(63)51-30-17-20-55(21-18-30)31-15-16-32-33(23-31)54(9)40-38(52-32)35-36-44(59)29(7)46-37(35)47(61)50(8,67-46)66-22-19-34(64-10)26(4)42(57)28(6)43(58)27(5)41(56)24(2)13-12-14-25(3)48(62)53-39(40)45(36)60/h12-16,19,22-24,26-28,30,34,41-43,56-58,60H,11,17-18,20-21H2,1-10H3,(H,51,63)(H,53,62)/b13-12+,22-19+,25-14-/t24-,26-,27+,28+,34-,41-,42+,43+,50-/m0/s1. The summed E-state index contributed by atoms with van der Waals surface area (Å²) in [5.74, 6) is -6.38. The number of aliphatic hydroxyl groups excluding tert-OH is 3. The van der Waals surface area contributed by atoms with Gasteiger partial charge in [0.05, 0.1) is 70.3 Å². The van der Waals surface area contributed by atoms with Gasteiger partial charge in [-0.3, -0.25) is 14.4 Å². The number of aryl methyl sites for hydroxylation is 1. The summed E-state index contributed by atoms with van der Waals surface area (Å²) in [7, 11) is 3.19. The van der Waals surface area contributed by atoms with Crippen LogP contribution in [0.1, 0.15) is 77.2 Å². The van der Waals surface area contributed by atoms with Gasteiger partial charge in [-0.15, -0.1) is 0 Å². The topological polar surface area (TPSA) is 231 Å². The Morgan fingerprint density at radius 3 is 2.33 bits per heavy atom. The molecule has 17 heteroatoms. The molecule has 360 valence electrons. The van der Waals surface area contributed by atoms with Crippen molar-refractivity contribution < 1.29 is 53.8 Å². The third kappa shape index (κ3) is 8.97. The van der Waals surface area contributed by atoms with E-state index in [4.69, 9.17) is 23.9 Å². The van der Waals surface area contributed by atoms with Gasteiger partial charge >= 0.3 is 11.9 Å². The van der Waals surface area contributed by atoms with E-state index in [0.717, 1.165) is 5.69 Å². The fourth-order valence-corrected chi connectivity index (χ4v) is 9.67. The summed E-state index contributed by atoms with van der Waals surface area (Å²) in [6.45, 7) is 14.7. The van der Waals surface area contributed by atoms with Gasteiger partial charge < -0.3 is 59.5 Å². The number of carbonyl (C=O) groups excluding carboxylic acids is 3.